The Kier molecular flexibility index (Phi) is 2.92. The zero-order valence-electron chi connectivity index (χ0n) is 10.5. The summed E-state index contributed by atoms with van der Waals surface area (Å²) in [5, 5.41) is 0. The van der Waals surface area contributed by atoms with Crippen molar-refractivity contribution in [2.45, 2.75) is 32.9 Å². The molecule has 1 atom stereocenters. The molecular weight excluding hydrogens is 216 g/mol. The van der Waals surface area contributed by atoms with Crippen LogP contribution in [0.3, 0.4) is 0 Å². The summed E-state index contributed by atoms with van der Waals surface area (Å²) < 4.78 is 2.15. The third-order valence-corrected chi connectivity index (χ3v) is 3.08. The van der Waals surface area contributed by atoms with Crippen LogP contribution in [0.2, 0.25) is 0 Å². The highest BCUT2D eigenvalue weighted by atomic mass is 16.2. The van der Waals surface area contributed by atoms with E-state index in [2.05, 4.69) is 16.5 Å². The van der Waals surface area contributed by atoms with Crippen LogP contribution in [-0.2, 0) is 11.3 Å². The van der Waals surface area contributed by atoms with E-state index in [9.17, 15) is 4.79 Å². The number of aromatic nitrogens is 1. The summed E-state index contributed by atoms with van der Waals surface area (Å²) in [4.78, 5) is 17.5. The van der Waals surface area contributed by atoms with E-state index in [1.165, 1.54) is 4.90 Å². The first kappa shape index (κ1) is 11.7. The lowest BCUT2D eigenvalue weighted by Gasteiger charge is -2.08. The number of guanidine groups is 1. The van der Waals surface area contributed by atoms with Crippen molar-refractivity contribution in [2.75, 3.05) is 7.05 Å². The minimum atomic E-state index is -0.461. The molecule has 0 aliphatic carbocycles. The quantitative estimate of drug-likeness (QED) is 0.849. The van der Waals surface area contributed by atoms with Crippen molar-refractivity contribution in [3.63, 3.8) is 0 Å². The number of carbonyl (C=O) groups is 1. The van der Waals surface area contributed by atoms with Gasteiger partial charge < -0.3 is 10.3 Å². The summed E-state index contributed by atoms with van der Waals surface area (Å²) in [6, 6.07) is 1.55. The SMILES string of the molecule is CCCn1cc(C2N=C(N)N(C)C2=O)cc1C. The van der Waals surface area contributed by atoms with Gasteiger partial charge in [-0.3, -0.25) is 9.69 Å². The van der Waals surface area contributed by atoms with Crippen LogP contribution < -0.4 is 5.73 Å². The standard InChI is InChI=1S/C12H18N4O/c1-4-5-16-7-9(6-8(16)2)10-11(17)15(3)12(13)14-10/h6-7,10H,4-5H2,1-3H3,(H2,13,14). The number of aryl methyl sites for hydroxylation is 2. The molecule has 0 fully saturated rings. The summed E-state index contributed by atoms with van der Waals surface area (Å²) in [6.45, 7) is 5.13. The van der Waals surface area contributed by atoms with Gasteiger partial charge in [0.15, 0.2) is 12.0 Å². The number of hydrogen-bond donors (Lipinski definition) is 1. The first-order valence-electron chi connectivity index (χ1n) is 5.82. The third-order valence-electron chi connectivity index (χ3n) is 3.08. The van der Waals surface area contributed by atoms with E-state index < -0.39 is 6.04 Å². The largest absolute Gasteiger partial charge is 0.369 e. The van der Waals surface area contributed by atoms with Gasteiger partial charge >= 0.3 is 0 Å². The van der Waals surface area contributed by atoms with E-state index in [1.54, 1.807) is 7.05 Å². The molecule has 1 aliphatic heterocycles. The van der Waals surface area contributed by atoms with E-state index >= 15 is 0 Å². The molecule has 1 aromatic rings. The number of nitrogens with two attached hydrogens (primary N) is 1. The molecule has 0 bridgehead atoms. The molecule has 0 spiro atoms. The Hall–Kier alpha value is -1.78. The Morgan fingerprint density at radius 3 is 2.76 bits per heavy atom. The summed E-state index contributed by atoms with van der Waals surface area (Å²) in [7, 11) is 1.65. The average Bonchev–Trinajstić information content (AvgIpc) is 2.76. The molecule has 1 unspecified atom stereocenters. The van der Waals surface area contributed by atoms with Crippen molar-refractivity contribution in [1.82, 2.24) is 9.47 Å². The highest BCUT2D eigenvalue weighted by Gasteiger charge is 2.32. The molecule has 92 valence electrons. The van der Waals surface area contributed by atoms with Crippen molar-refractivity contribution in [1.29, 1.82) is 0 Å². The van der Waals surface area contributed by atoms with E-state index in [0.29, 0.717) is 5.96 Å². The Balaban J connectivity index is 2.30. The van der Waals surface area contributed by atoms with Crippen LogP contribution in [-0.4, -0.2) is 28.4 Å². The lowest BCUT2D eigenvalue weighted by Crippen LogP contribution is -2.34. The predicted molar refractivity (Wildman–Crippen MR) is 66.6 cm³/mol. The van der Waals surface area contributed by atoms with Crippen molar-refractivity contribution in [3.05, 3.63) is 23.5 Å². The second kappa shape index (κ2) is 4.24. The molecule has 1 aromatic heterocycles. The fraction of sp³-hybridized carbons (Fsp3) is 0.500. The molecule has 0 saturated carbocycles. The Labute approximate surface area is 101 Å². The van der Waals surface area contributed by atoms with Crippen LogP contribution in [0.15, 0.2) is 17.3 Å². The maximum Gasteiger partial charge on any atom is 0.258 e. The fourth-order valence-electron chi connectivity index (χ4n) is 2.06. The number of rotatable bonds is 3. The van der Waals surface area contributed by atoms with Crippen molar-refractivity contribution in [2.24, 2.45) is 10.7 Å². The van der Waals surface area contributed by atoms with Gasteiger partial charge in [0.2, 0.25) is 0 Å². The second-order valence-corrected chi connectivity index (χ2v) is 4.40. The molecule has 1 amide bonds. The molecule has 0 radical (unpaired) electrons. The van der Waals surface area contributed by atoms with Gasteiger partial charge in [-0.2, -0.15) is 0 Å². The Bertz CT molecular complexity index is 475. The zero-order valence-corrected chi connectivity index (χ0v) is 10.5. The van der Waals surface area contributed by atoms with Crippen LogP contribution >= 0.6 is 0 Å². The van der Waals surface area contributed by atoms with Crippen molar-refractivity contribution in [3.8, 4) is 0 Å². The first-order chi connectivity index (χ1) is 8.04. The lowest BCUT2D eigenvalue weighted by molar-refractivity contribution is -0.126. The van der Waals surface area contributed by atoms with E-state index in [-0.39, 0.29) is 5.91 Å². The monoisotopic (exact) mass is 234 g/mol. The molecule has 0 saturated heterocycles. The Morgan fingerprint density at radius 2 is 2.24 bits per heavy atom. The van der Waals surface area contributed by atoms with Crippen LogP contribution in [0.5, 0.6) is 0 Å². The summed E-state index contributed by atoms with van der Waals surface area (Å²) in [5.74, 6) is 0.233. The van der Waals surface area contributed by atoms with Gasteiger partial charge in [-0.1, -0.05) is 6.92 Å². The maximum atomic E-state index is 11.9. The molecule has 1 aliphatic rings. The van der Waals surface area contributed by atoms with Gasteiger partial charge in [0.25, 0.3) is 5.91 Å². The Morgan fingerprint density at radius 1 is 1.53 bits per heavy atom. The van der Waals surface area contributed by atoms with Gasteiger partial charge in [0, 0.05) is 31.0 Å². The number of nitrogens with zero attached hydrogens (tertiary/aromatic N) is 3. The smallest absolute Gasteiger partial charge is 0.258 e. The number of amides is 1. The molecule has 2 rings (SSSR count). The first-order valence-corrected chi connectivity index (χ1v) is 5.82. The van der Waals surface area contributed by atoms with Crippen LogP contribution in [0.25, 0.3) is 0 Å². The van der Waals surface area contributed by atoms with Crippen LogP contribution in [0, 0.1) is 6.92 Å². The highest BCUT2D eigenvalue weighted by molar-refractivity contribution is 6.04. The highest BCUT2D eigenvalue weighted by Crippen LogP contribution is 2.26. The van der Waals surface area contributed by atoms with E-state index in [4.69, 9.17) is 5.73 Å². The van der Waals surface area contributed by atoms with E-state index in [1.807, 2.05) is 19.2 Å². The number of hydrogen-bond acceptors (Lipinski definition) is 3. The second-order valence-electron chi connectivity index (χ2n) is 4.40. The predicted octanol–water partition coefficient (Wildman–Crippen LogP) is 1.03. The molecular formula is C12H18N4O. The van der Waals surface area contributed by atoms with Gasteiger partial charge in [-0.15, -0.1) is 0 Å². The van der Waals surface area contributed by atoms with Gasteiger partial charge in [0.05, 0.1) is 0 Å². The molecule has 5 heteroatoms. The summed E-state index contributed by atoms with van der Waals surface area (Å²) >= 11 is 0. The van der Waals surface area contributed by atoms with Crippen LogP contribution in [0.4, 0.5) is 0 Å². The lowest BCUT2D eigenvalue weighted by atomic mass is 10.1. The topological polar surface area (TPSA) is 63.6 Å². The van der Waals surface area contributed by atoms with Gasteiger partial charge in [-0.05, 0) is 19.4 Å². The number of aliphatic imine (C=N–C) groups is 1. The minimum absolute atomic E-state index is 0.0591. The zero-order chi connectivity index (χ0) is 12.6. The molecule has 2 heterocycles. The van der Waals surface area contributed by atoms with Gasteiger partial charge in [-0.25, -0.2) is 4.99 Å². The molecule has 2 N–H and O–H groups in total. The van der Waals surface area contributed by atoms with Crippen molar-refractivity contribution >= 4 is 11.9 Å². The summed E-state index contributed by atoms with van der Waals surface area (Å²) in [6.07, 6.45) is 3.07. The van der Waals surface area contributed by atoms with Crippen molar-refractivity contribution < 1.29 is 4.79 Å². The van der Waals surface area contributed by atoms with Gasteiger partial charge in [0.1, 0.15) is 0 Å². The fourth-order valence-corrected chi connectivity index (χ4v) is 2.06. The number of carbonyl (C=O) groups excluding carboxylic acids is 1. The maximum absolute atomic E-state index is 11.9. The van der Waals surface area contributed by atoms with Crippen LogP contribution in [0.1, 0.15) is 30.6 Å². The average molecular weight is 234 g/mol. The molecule has 0 aromatic carbocycles. The minimum Gasteiger partial charge on any atom is -0.369 e. The van der Waals surface area contributed by atoms with E-state index in [0.717, 1.165) is 24.2 Å². The third kappa shape index (κ3) is 1.92. The molecule has 5 nitrogen and oxygen atoms in total. The normalized spacial score (nSPS) is 19.9. The molecule has 17 heavy (non-hydrogen) atoms. The summed E-state index contributed by atoms with van der Waals surface area (Å²) in [5.41, 5.74) is 7.72. The number of likely N-dealkylation sites (N-methyl/N-ethyl adjacent to an activating group) is 1.